The first-order chi connectivity index (χ1) is 8.26. The molecule has 2 aromatic rings. The fraction of sp³-hybridized carbons (Fsp3) is 0.308. The molecule has 3 rings (SSSR count). The Morgan fingerprint density at radius 3 is 2.94 bits per heavy atom. The molecule has 0 radical (unpaired) electrons. The van der Waals surface area contributed by atoms with Gasteiger partial charge in [-0.1, -0.05) is 0 Å². The second-order valence-corrected chi connectivity index (χ2v) is 4.07. The number of fused-ring (bicyclic) bond motifs is 1. The topological polar surface area (TPSA) is 48.7 Å². The molecule has 0 bridgehead atoms. The first kappa shape index (κ1) is 10.2. The Hall–Kier alpha value is -1.97. The third kappa shape index (κ3) is 1.75. The molecule has 4 heteroatoms. The van der Waals surface area contributed by atoms with E-state index in [2.05, 4.69) is 0 Å². The molecule has 4 nitrogen and oxygen atoms in total. The van der Waals surface area contributed by atoms with Gasteiger partial charge in [-0.25, -0.2) is 0 Å². The second kappa shape index (κ2) is 3.80. The molecule has 0 spiro atoms. The van der Waals surface area contributed by atoms with Crippen LogP contribution in [0.25, 0.3) is 11.0 Å². The molecule has 88 valence electrons. The van der Waals surface area contributed by atoms with Crippen molar-refractivity contribution in [2.24, 2.45) is 0 Å². The van der Waals surface area contributed by atoms with Gasteiger partial charge in [0.2, 0.25) is 0 Å². The monoisotopic (exact) mass is 232 g/mol. The van der Waals surface area contributed by atoms with Crippen LogP contribution in [0.4, 0.5) is 0 Å². The normalized spacial score (nSPS) is 19.6. The van der Waals surface area contributed by atoms with E-state index < -0.39 is 0 Å². The summed E-state index contributed by atoms with van der Waals surface area (Å²) in [5.41, 5.74) is 0.781. The summed E-state index contributed by atoms with van der Waals surface area (Å²) in [5, 5.41) is 0.960. The molecule has 1 saturated heterocycles. The van der Waals surface area contributed by atoms with E-state index in [1.165, 1.54) is 0 Å². The minimum atomic E-state index is -0.235. The number of ether oxygens (including phenoxy) is 2. The zero-order chi connectivity index (χ0) is 11.8. The highest BCUT2D eigenvalue weighted by Gasteiger charge is 2.27. The molecule has 1 aliphatic rings. The van der Waals surface area contributed by atoms with E-state index in [1.807, 2.05) is 24.3 Å². The molecular formula is C13H12O4. The largest absolute Gasteiger partial charge is 0.497 e. The van der Waals surface area contributed by atoms with Crippen molar-refractivity contribution in [1.82, 2.24) is 0 Å². The highest BCUT2D eigenvalue weighted by atomic mass is 16.6. The van der Waals surface area contributed by atoms with Gasteiger partial charge in [-0.15, -0.1) is 0 Å². The third-order valence-electron chi connectivity index (χ3n) is 2.94. The summed E-state index contributed by atoms with van der Waals surface area (Å²) in [5.74, 6) is 1.33. The Kier molecular flexibility index (Phi) is 2.28. The van der Waals surface area contributed by atoms with Crippen LogP contribution in [-0.2, 0) is 9.53 Å². The predicted octanol–water partition coefficient (Wildman–Crippen LogP) is 2.82. The highest BCUT2D eigenvalue weighted by Crippen LogP contribution is 2.34. The van der Waals surface area contributed by atoms with Crippen LogP contribution in [0.2, 0.25) is 0 Å². The van der Waals surface area contributed by atoms with E-state index in [0.717, 1.165) is 16.7 Å². The van der Waals surface area contributed by atoms with Crippen molar-refractivity contribution >= 4 is 16.9 Å². The summed E-state index contributed by atoms with van der Waals surface area (Å²) in [6.45, 7) is 0. The van der Waals surface area contributed by atoms with Gasteiger partial charge >= 0.3 is 5.97 Å². The van der Waals surface area contributed by atoms with E-state index >= 15 is 0 Å². The van der Waals surface area contributed by atoms with Crippen molar-refractivity contribution in [2.45, 2.75) is 18.9 Å². The molecule has 1 atom stereocenters. The fourth-order valence-electron chi connectivity index (χ4n) is 2.05. The lowest BCUT2D eigenvalue weighted by Crippen LogP contribution is -1.96. The quantitative estimate of drug-likeness (QED) is 0.747. The molecule has 0 aliphatic carbocycles. The van der Waals surface area contributed by atoms with Crippen LogP contribution in [0.3, 0.4) is 0 Å². The second-order valence-electron chi connectivity index (χ2n) is 4.07. The Bertz CT molecular complexity index is 570. The molecule has 0 N–H and O–H groups in total. The maximum atomic E-state index is 11.1. The number of cyclic esters (lactones) is 1. The molecule has 2 heterocycles. The van der Waals surface area contributed by atoms with Crippen LogP contribution < -0.4 is 4.74 Å². The van der Waals surface area contributed by atoms with E-state index in [1.54, 1.807) is 7.11 Å². The van der Waals surface area contributed by atoms with Crippen molar-refractivity contribution in [3.8, 4) is 5.75 Å². The maximum Gasteiger partial charge on any atom is 0.306 e. The van der Waals surface area contributed by atoms with E-state index in [-0.39, 0.29) is 12.1 Å². The van der Waals surface area contributed by atoms with Crippen molar-refractivity contribution < 1.29 is 18.7 Å². The Morgan fingerprint density at radius 1 is 1.35 bits per heavy atom. The Labute approximate surface area is 98.1 Å². The van der Waals surface area contributed by atoms with Crippen molar-refractivity contribution in [1.29, 1.82) is 0 Å². The van der Waals surface area contributed by atoms with Gasteiger partial charge in [-0.05, 0) is 24.3 Å². The number of hydrogen-bond acceptors (Lipinski definition) is 4. The van der Waals surface area contributed by atoms with Gasteiger partial charge in [0.25, 0.3) is 0 Å². The lowest BCUT2D eigenvalue weighted by atomic mass is 10.2. The van der Waals surface area contributed by atoms with Crippen LogP contribution in [0.15, 0.2) is 28.7 Å². The lowest BCUT2D eigenvalue weighted by Gasteiger charge is -2.03. The van der Waals surface area contributed by atoms with Gasteiger partial charge in [0, 0.05) is 18.2 Å². The summed E-state index contributed by atoms with van der Waals surface area (Å²) in [6.07, 6.45) is 0.918. The molecule has 1 aromatic carbocycles. The van der Waals surface area contributed by atoms with Crippen molar-refractivity contribution in [3.63, 3.8) is 0 Å². The van der Waals surface area contributed by atoms with Crippen LogP contribution in [0, 0.1) is 0 Å². The molecule has 0 amide bonds. The standard InChI is InChI=1S/C13H12O4/c1-15-9-2-3-10-8(6-9)7-12(16-10)11-4-5-13(14)17-11/h2-3,6-7,11H,4-5H2,1H3. The van der Waals surface area contributed by atoms with Crippen molar-refractivity contribution in [3.05, 3.63) is 30.0 Å². The Morgan fingerprint density at radius 2 is 2.24 bits per heavy atom. The number of benzene rings is 1. The summed E-state index contributed by atoms with van der Waals surface area (Å²) in [6, 6.07) is 7.50. The molecule has 1 unspecified atom stereocenters. The molecule has 17 heavy (non-hydrogen) atoms. The Balaban J connectivity index is 1.98. The summed E-state index contributed by atoms with van der Waals surface area (Å²) < 4.78 is 16.0. The number of furan rings is 1. The fourth-order valence-corrected chi connectivity index (χ4v) is 2.05. The third-order valence-corrected chi connectivity index (χ3v) is 2.94. The average Bonchev–Trinajstić information content (AvgIpc) is 2.93. The first-order valence-electron chi connectivity index (χ1n) is 5.53. The zero-order valence-corrected chi connectivity index (χ0v) is 9.43. The minimum Gasteiger partial charge on any atom is -0.497 e. The van der Waals surface area contributed by atoms with Crippen LogP contribution in [0.5, 0.6) is 5.75 Å². The number of carbonyl (C=O) groups is 1. The maximum absolute atomic E-state index is 11.1. The van der Waals surface area contributed by atoms with Gasteiger partial charge in [0.15, 0.2) is 6.10 Å². The van der Waals surface area contributed by atoms with E-state index in [9.17, 15) is 4.79 Å². The zero-order valence-electron chi connectivity index (χ0n) is 9.43. The first-order valence-corrected chi connectivity index (χ1v) is 5.53. The number of hydrogen-bond donors (Lipinski definition) is 0. The van der Waals surface area contributed by atoms with Crippen LogP contribution >= 0.6 is 0 Å². The summed E-state index contributed by atoms with van der Waals surface area (Å²) in [7, 11) is 1.63. The average molecular weight is 232 g/mol. The summed E-state index contributed by atoms with van der Waals surface area (Å²) >= 11 is 0. The van der Waals surface area contributed by atoms with E-state index in [4.69, 9.17) is 13.9 Å². The summed E-state index contributed by atoms with van der Waals surface area (Å²) in [4.78, 5) is 11.1. The highest BCUT2D eigenvalue weighted by molar-refractivity contribution is 5.80. The lowest BCUT2D eigenvalue weighted by molar-refractivity contribution is -0.142. The van der Waals surface area contributed by atoms with Gasteiger partial charge in [-0.2, -0.15) is 0 Å². The molecule has 1 fully saturated rings. The van der Waals surface area contributed by atoms with Gasteiger partial charge < -0.3 is 13.9 Å². The molecular weight excluding hydrogens is 220 g/mol. The molecule has 1 aromatic heterocycles. The van der Waals surface area contributed by atoms with Crippen LogP contribution in [0.1, 0.15) is 24.7 Å². The smallest absolute Gasteiger partial charge is 0.306 e. The van der Waals surface area contributed by atoms with Gasteiger partial charge in [0.1, 0.15) is 17.1 Å². The van der Waals surface area contributed by atoms with Crippen molar-refractivity contribution in [2.75, 3.05) is 7.11 Å². The predicted molar refractivity (Wildman–Crippen MR) is 60.8 cm³/mol. The van der Waals surface area contributed by atoms with Gasteiger partial charge in [-0.3, -0.25) is 4.79 Å². The number of rotatable bonds is 2. The number of carbonyl (C=O) groups excluding carboxylic acids is 1. The minimum absolute atomic E-state index is 0.159. The number of esters is 1. The number of methoxy groups -OCH3 is 1. The molecule has 1 aliphatic heterocycles. The van der Waals surface area contributed by atoms with E-state index in [0.29, 0.717) is 18.6 Å². The van der Waals surface area contributed by atoms with Gasteiger partial charge in [0.05, 0.1) is 7.11 Å². The molecule has 0 saturated carbocycles. The SMILES string of the molecule is COc1ccc2oc(C3CCC(=O)O3)cc2c1. The van der Waals surface area contributed by atoms with Crippen LogP contribution in [-0.4, -0.2) is 13.1 Å².